The predicted molar refractivity (Wildman–Crippen MR) is 64.5 cm³/mol. The van der Waals surface area contributed by atoms with Crippen molar-refractivity contribution in [1.29, 1.82) is 0 Å². The van der Waals surface area contributed by atoms with Gasteiger partial charge in [-0.25, -0.2) is 4.79 Å². The van der Waals surface area contributed by atoms with Crippen molar-refractivity contribution in [3.05, 3.63) is 39.9 Å². The van der Waals surface area contributed by atoms with Gasteiger partial charge in [-0.05, 0) is 13.0 Å². The number of hydrogen-bond donors (Lipinski definition) is 0. The van der Waals surface area contributed by atoms with Crippen LogP contribution in [0.1, 0.15) is 23.7 Å². The molecule has 0 radical (unpaired) electrons. The van der Waals surface area contributed by atoms with E-state index in [1.807, 2.05) is 6.92 Å². The molecule has 0 aliphatic carbocycles. The molecule has 0 aliphatic heterocycles. The number of hydrogen-bond acceptors (Lipinski definition) is 5. The zero-order valence-corrected chi connectivity index (χ0v) is 10.3. The van der Waals surface area contributed by atoms with Crippen LogP contribution in [-0.4, -0.2) is 30.7 Å². The number of nitro groups is 1. The maximum Gasteiger partial charge on any atom is 0.345 e. The molecule has 0 spiro atoms. The highest BCUT2D eigenvalue weighted by Gasteiger charge is 2.20. The summed E-state index contributed by atoms with van der Waals surface area (Å²) in [5.74, 6) is -0.689. The Bertz CT molecular complexity index is 432. The van der Waals surface area contributed by atoms with E-state index in [0.29, 0.717) is 6.42 Å². The number of carbonyl (C=O) groups excluding carboxylic acids is 1. The number of methoxy groups -OCH3 is 1. The van der Waals surface area contributed by atoms with Gasteiger partial charge in [0.05, 0.1) is 17.6 Å². The summed E-state index contributed by atoms with van der Waals surface area (Å²) < 4.78 is 9.97. The molecular weight excluding hydrogens is 238 g/mol. The highest BCUT2D eigenvalue weighted by Crippen LogP contribution is 2.18. The zero-order chi connectivity index (χ0) is 13.5. The SMILES string of the molecule is COC(C)CCOC(=O)c1ccccc1[N+](=O)[O-]. The minimum Gasteiger partial charge on any atom is -0.462 e. The van der Waals surface area contributed by atoms with Crippen LogP contribution in [0.2, 0.25) is 0 Å². The van der Waals surface area contributed by atoms with Crippen molar-refractivity contribution >= 4 is 11.7 Å². The van der Waals surface area contributed by atoms with Crippen LogP contribution < -0.4 is 0 Å². The number of carbonyl (C=O) groups is 1. The molecule has 1 aromatic rings. The highest BCUT2D eigenvalue weighted by atomic mass is 16.6. The lowest BCUT2D eigenvalue weighted by atomic mass is 10.2. The van der Waals surface area contributed by atoms with Gasteiger partial charge in [-0.15, -0.1) is 0 Å². The second-order valence-corrected chi connectivity index (χ2v) is 3.75. The molecule has 0 heterocycles. The van der Waals surface area contributed by atoms with E-state index in [1.54, 1.807) is 13.2 Å². The summed E-state index contributed by atoms with van der Waals surface area (Å²) in [6.45, 7) is 2.01. The number of esters is 1. The Kier molecular flexibility index (Phi) is 5.26. The predicted octanol–water partition coefficient (Wildman–Crippen LogP) is 2.18. The minimum atomic E-state index is -0.689. The summed E-state index contributed by atoms with van der Waals surface area (Å²) in [4.78, 5) is 21.8. The number of nitro benzene ring substituents is 1. The number of ether oxygens (including phenoxy) is 2. The lowest BCUT2D eigenvalue weighted by Crippen LogP contribution is -2.13. The first-order valence-corrected chi connectivity index (χ1v) is 5.49. The van der Waals surface area contributed by atoms with Crippen molar-refractivity contribution in [3.8, 4) is 0 Å². The van der Waals surface area contributed by atoms with Crippen LogP contribution in [0.25, 0.3) is 0 Å². The van der Waals surface area contributed by atoms with Gasteiger partial charge in [-0.2, -0.15) is 0 Å². The van der Waals surface area contributed by atoms with Gasteiger partial charge in [0.1, 0.15) is 5.56 Å². The molecule has 0 fully saturated rings. The van der Waals surface area contributed by atoms with E-state index < -0.39 is 10.9 Å². The molecule has 1 aromatic carbocycles. The second-order valence-electron chi connectivity index (χ2n) is 3.75. The third-order valence-corrected chi connectivity index (χ3v) is 2.48. The molecule has 98 valence electrons. The largest absolute Gasteiger partial charge is 0.462 e. The number of para-hydroxylation sites is 1. The van der Waals surface area contributed by atoms with Crippen molar-refractivity contribution in [2.75, 3.05) is 13.7 Å². The van der Waals surface area contributed by atoms with E-state index in [4.69, 9.17) is 9.47 Å². The van der Waals surface area contributed by atoms with Crippen molar-refractivity contribution in [3.63, 3.8) is 0 Å². The molecule has 0 aromatic heterocycles. The van der Waals surface area contributed by atoms with E-state index in [1.165, 1.54) is 18.2 Å². The summed E-state index contributed by atoms with van der Waals surface area (Å²) in [6, 6.07) is 5.71. The lowest BCUT2D eigenvalue weighted by Gasteiger charge is -2.09. The Morgan fingerprint density at radius 3 is 2.72 bits per heavy atom. The van der Waals surface area contributed by atoms with E-state index in [9.17, 15) is 14.9 Å². The van der Waals surface area contributed by atoms with Gasteiger partial charge >= 0.3 is 5.97 Å². The quantitative estimate of drug-likeness (QED) is 0.441. The standard InChI is InChI=1S/C12H15NO5/c1-9(17-2)7-8-18-12(14)10-5-3-4-6-11(10)13(15)16/h3-6,9H,7-8H2,1-2H3. The van der Waals surface area contributed by atoms with Crippen molar-refractivity contribution in [1.82, 2.24) is 0 Å². The lowest BCUT2D eigenvalue weighted by molar-refractivity contribution is -0.385. The number of benzene rings is 1. The highest BCUT2D eigenvalue weighted by molar-refractivity contribution is 5.93. The normalized spacial score (nSPS) is 11.9. The molecule has 18 heavy (non-hydrogen) atoms. The van der Waals surface area contributed by atoms with Gasteiger partial charge < -0.3 is 9.47 Å². The number of nitrogens with zero attached hydrogens (tertiary/aromatic N) is 1. The molecule has 0 N–H and O–H groups in total. The summed E-state index contributed by atoms with van der Waals surface area (Å²) in [5, 5.41) is 10.7. The van der Waals surface area contributed by atoms with Crippen LogP contribution >= 0.6 is 0 Å². The molecule has 0 saturated heterocycles. The third kappa shape index (κ3) is 3.81. The van der Waals surface area contributed by atoms with Crippen molar-refractivity contribution in [2.45, 2.75) is 19.4 Å². The van der Waals surface area contributed by atoms with Gasteiger partial charge in [-0.3, -0.25) is 10.1 Å². The van der Waals surface area contributed by atoms with Gasteiger partial charge in [0.2, 0.25) is 0 Å². The molecule has 0 bridgehead atoms. The first kappa shape index (κ1) is 14.1. The topological polar surface area (TPSA) is 78.7 Å². The summed E-state index contributed by atoms with van der Waals surface area (Å²) >= 11 is 0. The second kappa shape index (κ2) is 6.70. The first-order chi connectivity index (χ1) is 8.56. The molecule has 6 nitrogen and oxygen atoms in total. The minimum absolute atomic E-state index is 0.0245. The average molecular weight is 253 g/mol. The molecule has 1 unspecified atom stereocenters. The Labute approximate surface area is 105 Å². The molecule has 1 rings (SSSR count). The van der Waals surface area contributed by atoms with Crippen LogP contribution in [0.5, 0.6) is 0 Å². The van der Waals surface area contributed by atoms with Crippen molar-refractivity contribution in [2.24, 2.45) is 0 Å². The fraction of sp³-hybridized carbons (Fsp3) is 0.417. The fourth-order valence-electron chi connectivity index (χ4n) is 1.32. The smallest absolute Gasteiger partial charge is 0.345 e. The first-order valence-electron chi connectivity index (χ1n) is 5.49. The Morgan fingerprint density at radius 1 is 1.44 bits per heavy atom. The van der Waals surface area contributed by atoms with E-state index in [0.717, 1.165) is 0 Å². The fourth-order valence-corrected chi connectivity index (χ4v) is 1.32. The van der Waals surface area contributed by atoms with Gasteiger partial charge in [0, 0.05) is 19.6 Å². The molecule has 0 amide bonds. The van der Waals surface area contributed by atoms with Crippen LogP contribution in [0.3, 0.4) is 0 Å². The average Bonchev–Trinajstić information content (AvgIpc) is 2.38. The van der Waals surface area contributed by atoms with E-state index in [-0.39, 0.29) is 24.0 Å². The Balaban J connectivity index is 2.64. The maximum atomic E-state index is 11.7. The summed E-state index contributed by atoms with van der Waals surface area (Å²) in [7, 11) is 1.56. The van der Waals surface area contributed by atoms with Gasteiger partial charge in [0.25, 0.3) is 5.69 Å². The van der Waals surface area contributed by atoms with Crippen molar-refractivity contribution < 1.29 is 19.2 Å². The molecule has 1 atom stereocenters. The van der Waals surface area contributed by atoms with Crippen LogP contribution in [0, 0.1) is 10.1 Å². The monoisotopic (exact) mass is 253 g/mol. The summed E-state index contributed by atoms with van der Waals surface area (Å²) in [6.07, 6.45) is 0.520. The van der Waals surface area contributed by atoms with Crippen LogP contribution in [-0.2, 0) is 9.47 Å². The summed E-state index contributed by atoms with van der Waals surface area (Å²) in [5.41, 5.74) is -0.283. The van der Waals surface area contributed by atoms with Gasteiger partial charge in [-0.1, -0.05) is 12.1 Å². The van der Waals surface area contributed by atoms with Crippen LogP contribution in [0.4, 0.5) is 5.69 Å². The molecule has 6 heteroatoms. The molecular formula is C12H15NO5. The Hall–Kier alpha value is -1.95. The molecule has 0 aliphatic rings. The maximum absolute atomic E-state index is 11.7. The third-order valence-electron chi connectivity index (χ3n) is 2.48. The van der Waals surface area contributed by atoms with E-state index in [2.05, 4.69) is 0 Å². The van der Waals surface area contributed by atoms with Crippen LogP contribution in [0.15, 0.2) is 24.3 Å². The molecule has 0 saturated carbocycles. The zero-order valence-electron chi connectivity index (χ0n) is 10.3. The van der Waals surface area contributed by atoms with Gasteiger partial charge in [0.15, 0.2) is 0 Å². The van der Waals surface area contributed by atoms with E-state index >= 15 is 0 Å². The number of rotatable bonds is 6. The Morgan fingerprint density at radius 2 is 2.11 bits per heavy atom.